The second-order valence-corrected chi connectivity index (χ2v) is 7.67. The number of aromatic nitrogens is 1. The van der Waals surface area contributed by atoms with Crippen molar-refractivity contribution in [3.8, 4) is 0 Å². The first kappa shape index (κ1) is 20.7. The number of benzene rings is 2. The predicted molar refractivity (Wildman–Crippen MR) is 115 cm³/mol. The van der Waals surface area contributed by atoms with Crippen molar-refractivity contribution in [3.63, 3.8) is 0 Å². The van der Waals surface area contributed by atoms with Crippen LogP contribution in [-0.4, -0.2) is 16.7 Å². The number of pyridine rings is 1. The third-order valence-corrected chi connectivity index (χ3v) is 5.11. The molecular weight excluding hydrogens is 362 g/mol. The molecule has 0 saturated carbocycles. The highest BCUT2D eigenvalue weighted by Gasteiger charge is 2.19. The van der Waals surface area contributed by atoms with Crippen molar-refractivity contribution in [1.29, 1.82) is 0 Å². The number of ketones is 1. The minimum atomic E-state index is -0.207. The molecule has 0 aliphatic rings. The molecule has 4 heteroatoms. The second kappa shape index (κ2) is 9.46. The molecule has 29 heavy (non-hydrogen) atoms. The molecule has 150 valence electrons. The van der Waals surface area contributed by atoms with Crippen LogP contribution in [0.15, 0.2) is 60.9 Å². The number of Topliss-reactive ketones (excluding diaryl/α,β-unsaturated/α-hetero) is 1. The van der Waals surface area contributed by atoms with E-state index >= 15 is 0 Å². The average Bonchev–Trinajstić information content (AvgIpc) is 2.73. The van der Waals surface area contributed by atoms with Crippen molar-refractivity contribution in [3.05, 3.63) is 77.6 Å². The van der Waals surface area contributed by atoms with Gasteiger partial charge < -0.3 is 4.74 Å². The van der Waals surface area contributed by atoms with Crippen molar-refractivity contribution in [1.82, 2.24) is 4.98 Å². The highest BCUT2D eigenvalue weighted by molar-refractivity contribution is 5.89. The van der Waals surface area contributed by atoms with Crippen LogP contribution in [-0.2, 0) is 27.4 Å². The Morgan fingerprint density at radius 1 is 0.966 bits per heavy atom. The number of carbonyl (C=O) groups is 2. The fraction of sp³-hybridized carbons (Fsp3) is 0.320. The van der Waals surface area contributed by atoms with Gasteiger partial charge in [-0.3, -0.25) is 14.6 Å². The average molecular weight is 389 g/mol. The van der Waals surface area contributed by atoms with E-state index < -0.39 is 0 Å². The summed E-state index contributed by atoms with van der Waals surface area (Å²) in [6, 6.07) is 15.8. The molecule has 0 saturated heterocycles. The molecule has 4 nitrogen and oxygen atoms in total. The zero-order valence-corrected chi connectivity index (χ0v) is 17.2. The molecule has 2 aromatic carbocycles. The standard InChI is InChI=1S/C25H27NO3/c1-4-23(20-8-5-18(6-9-20)16-29-25(28)17(2)3)24(27)14-19-7-10-22-15-26-12-11-21(22)13-19/h5-13,15,17,23H,4,14,16H2,1-3H3. The first-order valence-electron chi connectivity index (χ1n) is 10.1. The zero-order chi connectivity index (χ0) is 20.8. The van der Waals surface area contributed by atoms with Crippen LogP contribution >= 0.6 is 0 Å². The minimum Gasteiger partial charge on any atom is -0.461 e. The first-order valence-corrected chi connectivity index (χ1v) is 10.1. The summed E-state index contributed by atoms with van der Waals surface area (Å²) in [5.41, 5.74) is 2.94. The molecule has 0 aliphatic heterocycles. The van der Waals surface area contributed by atoms with Gasteiger partial charge in [0, 0.05) is 30.1 Å². The van der Waals surface area contributed by atoms with Crippen LogP contribution in [0.5, 0.6) is 0 Å². The SMILES string of the molecule is CCC(C(=O)Cc1ccc2cnccc2c1)c1ccc(COC(=O)C(C)C)cc1. The number of ether oxygens (including phenoxy) is 1. The maximum atomic E-state index is 13.0. The Morgan fingerprint density at radius 2 is 1.69 bits per heavy atom. The summed E-state index contributed by atoms with van der Waals surface area (Å²) in [5, 5.41) is 2.17. The summed E-state index contributed by atoms with van der Waals surface area (Å²) in [6.07, 6.45) is 4.75. The van der Waals surface area contributed by atoms with E-state index in [2.05, 4.69) is 11.1 Å². The molecule has 1 heterocycles. The topological polar surface area (TPSA) is 56.3 Å². The lowest BCUT2D eigenvalue weighted by Gasteiger charge is -2.15. The Bertz CT molecular complexity index is 992. The molecular formula is C25H27NO3. The van der Waals surface area contributed by atoms with Gasteiger partial charge in [-0.1, -0.05) is 63.2 Å². The molecule has 1 aromatic heterocycles. The quantitative estimate of drug-likeness (QED) is 0.495. The predicted octanol–water partition coefficient (Wildman–Crippen LogP) is 5.24. The molecule has 0 spiro atoms. The molecule has 1 atom stereocenters. The van der Waals surface area contributed by atoms with E-state index in [9.17, 15) is 9.59 Å². The van der Waals surface area contributed by atoms with Gasteiger partial charge in [0.05, 0.1) is 5.92 Å². The third kappa shape index (κ3) is 5.29. The first-order chi connectivity index (χ1) is 14.0. The van der Waals surface area contributed by atoms with E-state index in [4.69, 9.17) is 4.74 Å². The Hall–Kier alpha value is -3.01. The lowest BCUT2D eigenvalue weighted by atomic mass is 9.88. The van der Waals surface area contributed by atoms with Gasteiger partial charge in [-0.2, -0.15) is 0 Å². The number of carbonyl (C=O) groups excluding carboxylic acids is 2. The van der Waals surface area contributed by atoms with E-state index in [0.717, 1.165) is 33.9 Å². The molecule has 3 aromatic rings. The highest BCUT2D eigenvalue weighted by atomic mass is 16.5. The van der Waals surface area contributed by atoms with Gasteiger partial charge in [-0.15, -0.1) is 0 Å². The van der Waals surface area contributed by atoms with Crippen molar-refractivity contribution in [2.45, 2.75) is 46.1 Å². The van der Waals surface area contributed by atoms with Crippen molar-refractivity contribution in [2.24, 2.45) is 5.92 Å². The number of nitrogens with zero attached hydrogens (tertiary/aromatic N) is 1. The molecule has 0 bridgehead atoms. The van der Waals surface area contributed by atoms with Gasteiger partial charge in [-0.25, -0.2) is 0 Å². The third-order valence-electron chi connectivity index (χ3n) is 5.11. The summed E-state index contributed by atoms with van der Waals surface area (Å²) >= 11 is 0. The number of rotatable bonds is 8. The lowest BCUT2D eigenvalue weighted by molar-refractivity contribution is -0.148. The Labute approximate surface area is 171 Å². The fourth-order valence-electron chi connectivity index (χ4n) is 3.38. The summed E-state index contributed by atoms with van der Waals surface area (Å²) in [7, 11) is 0. The van der Waals surface area contributed by atoms with E-state index in [0.29, 0.717) is 6.42 Å². The molecule has 3 rings (SSSR count). The van der Waals surface area contributed by atoms with Crippen LogP contribution in [0.25, 0.3) is 10.8 Å². The van der Waals surface area contributed by atoms with Crippen LogP contribution in [0, 0.1) is 5.92 Å². The molecule has 0 radical (unpaired) electrons. The highest BCUT2D eigenvalue weighted by Crippen LogP contribution is 2.24. The normalized spacial score (nSPS) is 12.1. The summed E-state index contributed by atoms with van der Waals surface area (Å²) in [6.45, 7) is 5.92. The van der Waals surface area contributed by atoms with Gasteiger partial charge >= 0.3 is 5.97 Å². The maximum Gasteiger partial charge on any atom is 0.308 e. The fourth-order valence-corrected chi connectivity index (χ4v) is 3.38. The van der Waals surface area contributed by atoms with E-state index in [1.165, 1.54) is 0 Å². The lowest BCUT2D eigenvalue weighted by Crippen LogP contribution is -2.15. The number of hydrogen-bond donors (Lipinski definition) is 0. The number of hydrogen-bond acceptors (Lipinski definition) is 4. The van der Waals surface area contributed by atoms with E-state index in [-0.39, 0.29) is 30.2 Å². The van der Waals surface area contributed by atoms with E-state index in [1.807, 2.05) is 69.4 Å². The van der Waals surface area contributed by atoms with Crippen LogP contribution in [0.3, 0.4) is 0 Å². The Kier molecular flexibility index (Phi) is 6.76. The number of fused-ring (bicyclic) bond motifs is 1. The van der Waals surface area contributed by atoms with Gasteiger partial charge in [0.1, 0.15) is 12.4 Å². The van der Waals surface area contributed by atoms with Crippen LogP contribution < -0.4 is 0 Å². The van der Waals surface area contributed by atoms with Crippen LogP contribution in [0.4, 0.5) is 0 Å². The van der Waals surface area contributed by atoms with Crippen LogP contribution in [0.1, 0.15) is 49.8 Å². The minimum absolute atomic E-state index is 0.136. The smallest absolute Gasteiger partial charge is 0.308 e. The van der Waals surface area contributed by atoms with Gasteiger partial charge in [0.25, 0.3) is 0 Å². The van der Waals surface area contributed by atoms with Crippen molar-refractivity contribution >= 4 is 22.5 Å². The molecule has 0 fully saturated rings. The number of esters is 1. The van der Waals surface area contributed by atoms with Gasteiger partial charge in [0.2, 0.25) is 0 Å². The van der Waals surface area contributed by atoms with Gasteiger partial charge in [0.15, 0.2) is 0 Å². The van der Waals surface area contributed by atoms with E-state index in [1.54, 1.807) is 6.20 Å². The molecule has 0 N–H and O–H groups in total. The zero-order valence-electron chi connectivity index (χ0n) is 17.2. The Balaban J connectivity index is 1.67. The monoisotopic (exact) mass is 389 g/mol. The summed E-state index contributed by atoms with van der Waals surface area (Å²) < 4.78 is 5.27. The second-order valence-electron chi connectivity index (χ2n) is 7.67. The van der Waals surface area contributed by atoms with Crippen LogP contribution in [0.2, 0.25) is 0 Å². The molecule has 1 unspecified atom stereocenters. The summed E-state index contributed by atoms with van der Waals surface area (Å²) in [5.74, 6) is -0.278. The molecule has 0 aliphatic carbocycles. The largest absolute Gasteiger partial charge is 0.461 e. The summed E-state index contributed by atoms with van der Waals surface area (Å²) in [4.78, 5) is 28.7. The van der Waals surface area contributed by atoms with Crippen molar-refractivity contribution < 1.29 is 14.3 Å². The Morgan fingerprint density at radius 3 is 2.38 bits per heavy atom. The molecule has 0 amide bonds. The maximum absolute atomic E-state index is 13.0. The van der Waals surface area contributed by atoms with Gasteiger partial charge in [-0.05, 0) is 34.6 Å². The van der Waals surface area contributed by atoms with Crippen molar-refractivity contribution in [2.75, 3.05) is 0 Å².